The first-order chi connectivity index (χ1) is 19.8. The Morgan fingerprint density at radius 1 is 0.951 bits per heavy atom. The van der Waals surface area contributed by atoms with Gasteiger partial charge in [-0.3, -0.25) is 19.3 Å². The number of nitrogens with zero attached hydrogens (tertiary/aromatic N) is 3. The van der Waals surface area contributed by atoms with Gasteiger partial charge in [0.25, 0.3) is 11.8 Å². The lowest BCUT2D eigenvalue weighted by Gasteiger charge is -2.32. The van der Waals surface area contributed by atoms with Crippen LogP contribution in [0.15, 0.2) is 60.8 Å². The summed E-state index contributed by atoms with van der Waals surface area (Å²) >= 11 is 0. The van der Waals surface area contributed by atoms with Crippen LogP contribution in [0.1, 0.15) is 54.8 Å². The maximum Gasteiger partial charge on any atom is 0.255 e. The maximum atomic E-state index is 13.9. The fourth-order valence-corrected chi connectivity index (χ4v) is 4.88. The predicted molar refractivity (Wildman–Crippen MR) is 156 cm³/mol. The Bertz CT molecular complexity index is 1590. The number of halogens is 1. The number of anilines is 1. The molecular weight excluding hydrogens is 523 g/mol. The van der Waals surface area contributed by atoms with Crippen LogP contribution >= 0.6 is 0 Å². The molecule has 1 saturated heterocycles. The van der Waals surface area contributed by atoms with Gasteiger partial charge in [-0.1, -0.05) is 18.2 Å². The van der Waals surface area contributed by atoms with Crippen molar-refractivity contribution in [2.45, 2.75) is 26.7 Å². The number of likely N-dealkylation sites (N-methyl/N-ethyl adjacent to an activating group) is 1. The average molecular weight is 557 g/mol. The van der Waals surface area contributed by atoms with E-state index in [1.165, 1.54) is 13.1 Å². The number of ketones is 1. The molecule has 0 atom stereocenters. The summed E-state index contributed by atoms with van der Waals surface area (Å²) < 4.78 is 13.9. The molecule has 0 radical (unpaired) electrons. The number of rotatable bonds is 9. The number of pyridine rings is 1. The highest BCUT2D eigenvalue weighted by molar-refractivity contribution is 6.05. The highest BCUT2D eigenvalue weighted by Crippen LogP contribution is 2.20. The minimum absolute atomic E-state index is 0.0985. The quantitative estimate of drug-likeness (QED) is 0.267. The first-order valence-corrected chi connectivity index (χ1v) is 13.6. The van der Waals surface area contributed by atoms with E-state index in [4.69, 9.17) is 0 Å². The van der Waals surface area contributed by atoms with Crippen molar-refractivity contribution in [1.29, 1.82) is 0 Å². The Balaban J connectivity index is 1.19. The van der Waals surface area contributed by atoms with E-state index in [2.05, 4.69) is 37.4 Å². The van der Waals surface area contributed by atoms with Crippen LogP contribution in [0.2, 0.25) is 0 Å². The number of carbonyl (C=O) groups excluding carboxylic acids is 3. The number of nitrogens with one attached hydrogen (secondary N) is 3. The van der Waals surface area contributed by atoms with E-state index in [-0.39, 0.29) is 24.1 Å². The van der Waals surface area contributed by atoms with Crippen molar-refractivity contribution in [2.75, 3.05) is 38.5 Å². The summed E-state index contributed by atoms with van der Waals surface area (Å²) in [6.45, 7) is 5.54. The van der Waals surface area contributed by atoms with E-state index in [0.717, 1.165) is 37.3 Å². The van der Waals surface area contributed by atoms with E-state index in [1.54, 1.807) is 42.5 Å². The summed E-state index contributed by atoms with van der Waals surface area (Å²) in [6, 6.07) is 15.6. The molecule has 41 heavy (non-hydrogen) atoms. The van der Waals surface area contributed by atoms with Crippen LogP contribution in [-0.2, 0) is 19.8 Å². The van der Waals surface area contributed by atoms with Crippen LogP contribution in [-0.4, -0.2) is 70.6 Å². The Labute approximate surface area is 237 Å². The molecule has 1 fully saturated rings. The molecule has 0 saturated carbocycles. The molecule has 3 heterocycles. The molecule has 5 rings (SSSR count). The van der Waals surface area contributed by atoms with Gasteiger partial charge in [0, 0.05) is 62.7 Å². The van der Waals surface area contributed by atoms with Crippen LogP contribution in [0.4, 0.5) is 10.1 Å². The van der Waals surface area contributed by atoms with E-state index < -0.39 is 6.67 Å². The molecule has 4 aromatic rings. The second kappa shape index (κ2) is 12.4. The zero-order valence-corrected chi connectivity index (χ0v) is 23.2. The summed E-state index contributed by atoms with van der Waals surface area (Å²) in [5, 5.41) is 6.41. The van der Waals surface area contributed by atoms with Crippen molar-refractivity contribution >= 4 is 34.3 Å². The lowest BCUT2D eigenvalue weighted by atomic mass is 10.0. The van der Waals surface area contributed by atoms with E-state index in [0.29, 0.717) is 45.6 Å². The smallest absolute Gasteiger partial charge is 0.255 e. The molecule has 0 spiro atoms. The number of H-pyrrole nitrogens is 1. The Hall–Kier alpha value is -4.41. The van der Waals surface area contributed by atoms with Gasteiger partial charge < -0.3 is 20.5 Å². The third-order valence-electron chi connectivity index (χ3n) is 7.35. The van der Waals surface area contributed by atoms with Crippen molar-refractivity contribution in [2.24, 2.45) is 0 Å². The SMILES string of the molecule is CC(=O)c1cc2cc(NC(=O)c3cccc(CNC(=O)c4ccc(CN5CCN(C)CC5)c(CF)c4)c3)cnc2[nH]1. The minimum atomic E-state index is -0.633. The van der Waals surface area contributed by atoms with Gasteiger partial charge in [0.15, 0.2) is 5.78 Å². The number of aromatic amines is 1. The fraction of sp³-hybridized carbons (Fsp3) is 0.290. The summed E-state index contributed by atoms with van der Waals surface area (Å²) in [5.74, 6) is -0.736. The van der Waals surface area contributed by atoms with Crippen molar-refractivity contribution in [1.82, 2.24) is 25.1 Å². The Morgan fingerprint density at radius 3 is 2.49 bits per heavy atom. The molecule has 10 heteroatoms. The molecule has 9 nitrogen and oxygen atoms in total. The number of aromatic nitrogens is 2. The van der Waals surface area contributed by atoms with Crippen LogP contribution in [0.5, 0.6) is 0 Å². The van der Waals surface area contributed by atoms with E-state index >= 15 is 0 Å². The summed E-state index contributed by atoms with van der Waals surface area (Å²) in [6.07, 6.45) is 1.52. The molecule has 1 aliphatic rings. The highest BCUT2D eigenvalue weighted by Gasteiger charge is 2.17. The van der Waals surface area contributed by atoms with Gasteiger partial charge >= 0.3 is 0 Å². The van der Waals surface area contributed by atoms with E-state index in [9.17, 15) is 18.8 Å². The predicted octanol–water partition coefficient (Wildman–Crippen LogP) is 4.16. The normalized spacial score (nSPS) is 14.2. The molecule has 2 aromatic heterocycles. The number of amides is 2. The first kappa shape index (κ1) is 28.1. The largest absolute Gasteiger partial charge is 0.348 e. The Morgan fingerprint density at radius 2 is 1.73 bits per heavy atom. The van der Waals surface area contributed by atoms with Crippen LogP contribution in [0.25, 0.3) is 11.0 Å². The van der Waals surface area contributed by atoms with Gasteiger partial charge in [0.05, 0.1) is 17.6 Å². The number of benzene rings is 2. The second-order valence-electron chi connectivity index (χ2n) is 10.4. The van der Waals surface area contributed by atoms with Gasteiger partial charge in [0.1, 0.15) is 12.3 Å². The topological polar surface area (TPSA) is 110 Å². The number of Topliss-reactive ketones (excluding diaryl/α,β-unsaturated/α-hetero) is 1. The lowest BCUT2D eigenvalue weighted by molar-refractivity contribution is 0.0949. The van der Waals surface area contributed by atoms with Gasteiger partial charge in [-0.15, -0.1) is 0 Å². The molecule has 1 aliphatic heterocycles. The van der Waals surface area contributed by atoms with Gasteiger partial charge in [0.2, 0.25) is 0 Å². The molecule has 212 valence electrons. The monoisotopic (exact) mass is 556 g/mol. The van der Waals surface area contributed by atoms with Crippen LogP contribution in [0, 0.1) is 0 Å². The summed E-state index contributed by atoms with van der Waals surface area (Å²) in [7, 11) is 2.10. The number of alkyl halides is 1. The van der Waals surface area contributed by atoms with Crippen molar-refractivity contribution < 1.29 is 18.8 Å². The average Bonchev–Trinajstić information content (AvgIpc) is 3.41. The standard InChI is InChI=1S/C31H33FN6O3/c1-20(39)28-15-25-14-27(18-33-29(25)36-28)35-31(41)22-5-3-4-21(12-22)17-34-30(40)23-6-7-24(26(13-23)16-32)19-38-10-8-37(2)9-11-38/h3-7,12-15,18H,8-11,16-17,19H2,1-2H3,(H,33,36)(H,34,40)(H,35,41). The zero-order chi connectivity index (χ0) is 28.9. The lowest BCUT2D eigenvalue weighted by Crippen LogP contribution is -2.44. The van der Waals surface area contributed by atoms with Crippen molar-refractivity contribution in [3.8, 4) is 0 Å². The molecule has 2 aromatic carbocycles. The second-order valence-corrected chi connectivity index (χ2v) is 10.4. The number of fused-ring (bicyclic) bond motifs is 1. The summed E-state index contributed by atoms with van der Waals surface area (Å²) in [5.41, 5.74) is 4.50. The molecule has 2 amide bonds. The molecule has 0 bridgehead atoms. The molecule has 3 N–H and O–H groups in total. The first-order valence-electron chi connectivity index (χ1n) is 13.6. The van der Waals surface area contributed by atoms with Gasteiger partial charge in [-0.25, -0.2) is 9.37 Å². The third-order valence-corrected chi connectivity index (χ3v) is 7.35. The van der Waals surface area contributed by atoms with Gasteiger partial charge in [-0.2, -0.15) is 0 Å². The fourth-order valence-electron chi connectivity index (χ4n) is 4.88. The van der Waals surface area contributed by atoms with E-state index in [1.807, 2.05) is 12.1 Å². The Kier molecular flexibility index (Phi) is 8.51. The van der Waals surface area contributed by atoms with Crippen LogP contribution in [0.3, 0.4) is 0 Å². The molecule has 0 aliphatic carbocycles. The van der Waals surface area contributed by atoms with Crippen molar-refractivity contribution in [3.05, 3.63) is 94.3 Å². The minimum Gasteiger partial charge on any atom is -0.348 e. The van der Waals surface area contributed by atoms with Crippen LogP contribution < -0.4 is 10.6 Å². The molecular formula is C31H33FN6O3. The van der Waals surface area contributed by atoms with Gasteiger partial charge in [-0.05, 0) is 60.1 Å². The molecule has 0 unspecified atom stereocenters. The highest BCUT2D eigenvalue weighted by atomic mass is 19.1. The number of hydrogen-bond donors (Lipinski definition) is 3. The zero-order valence-electron chi connectivity index (χ0n) is 23.2. The number of carbonyl (C=O) groups is 3. The van der Waals surface area contributed by atoms with Crippen molar-refractivity contribution in [3.63, 3.8) is 0 Å². The summed E-state index contributed by atoms with van der Waals surface area (Å²) in [4.78, 5) is 49.2. The number of piperazine rings is 1. The maximum absolute atomic E-state index is 13.9. The third kappa shape index (κ3) is 6.85. The number of hydrogen-bond acceptors (Lipinski definition) is 6.